The van der Waals surface area contributed by atoms with Crippen LogP contribution in [-0.4, -0.2) is 53.9 Å². The highest BCUT2D eigenvalue weighted by Gasteiger charge is 2.21. The number of fused-ring (bicyclic) bond motifs is 1. The van der Waals surface area contributed by atoms with Gasteiger partial charge in [0.2, 0.25) is 5.95 Å². The van der Waals surface area contributed by atoms with E-state index in [4.69, 9.17) is 0 Å². The molecule has 2 aromatic heterocycles. The number of hydrogen-bond acceptors (Lipinski definition) is 7. The molecule has 4 heterocycles. The van der Waals surface area contributed by atoms with Crippen molar-refractivity contribution in [2.24, 2.45) is 0 Å². The zero-order valence-corrected chi connectivity index (χ0v) is 16.3. The van der Waals surface area contributed by atoms with Gasteiger partial charge in [-0.05, 0) is 43.2 Å². The number of nitriles is 1. The second kappa shape index (κ2) is 7.60. The first-order valence-corrected chi connectivity index (χ1v) is 10.2. The van der Waals surface area contributed by atoms with Crippen molar-refractivity contribution in [1.29, 1.82) is 5.26 Å². The lowest BCUT2D eigenvalue weighted by Crippen LogP contribution is -2.43. The van der Waals surface area contributed by atoms with Gasteiger partial charge in [0, 0.05) is 50.6 Å². The summed E-state index contributed by atoms with van der Waals surface area (Å²) in [6.07, 6.45) is 4.06. The lowest BCUT2D eigenvalue weighted by Gasteiger charge is -2.29. The summed E-state index contributed by atoms with van der Waals surface area (Å²) in [5, 5.41) is 20.9. The molecule has 0 saturated carbocycles. The fraction of sp³-hybridized carbons (Fsp3) is 0.381. The first kappa shape index (κ1) is 17.8. The quantitative estimate of drug-likeness (QED) is 0.710. The molecule has 8 nitrogen and oxygen atoms in total. The Kier molecular flexibility index (Phi) is 4.66. The minimum absolute atomic E-state index is 0.521. The smallest absolute Gasteiger partial charge is 0.245 e. The van der Waals surface area contributed by atoms with Crippen molar-refractivity contribution in [2.75, 3.05) is 54.4 Å². The van der Waals surface area contributed by atoms with Crippen molar-refractivity contribution < 1.29 is 0 Å². The highest BCUT2D eigenvalue weighted by Crippen LogP contribution is 2.28. The van der Waals surface area contributed by atoms with Crippen molar-refractivity contribution in [3.8, 4) is 6.07 Å². The summed E-state index contributed by atoms with van der Waals surface area (Å²) >= 11 is 0. The standard InChI is InChI=1S/C21H24N8/c22-14-16-13-19-15-24-21(26-29(19)20(16)28-9-1-2-10-28)25-17-3-5-18(6-4-17)27-11-7-23-8-12-27/h3-6,13,15,23H,1-2,7-12H2,(H,25,26). The molecule has 2 N–H and O–H groups in total. The maximum Gasteiger partial charge on any atom is 0.245 e. The van der Waals surface area contributed by atoms with Crippen LogP contribution in [0.2, 0.25) is 0 Å². The monoisotopic (exact) mass is 388 g/mol. The number of aromatic nitrogens is 3. The van der Waals surface area contributed by atoms with E-state index in [2.05, 4.69) is 60.9 Å². The largest absolute Gasteiger partial charge is 0.369 e. The van der Waals surface area contributed by atoms with Crippen molar-refractivity contribution in [3.63, 3.8) is 0 Å². The Hall–Kier alpha value is -3.31. The lowest BCUT2D eigenvalue weighted by molar-refractivity contribution is 0.589. The van der Waals surface area contributed by atoms with Crippen LogP contribution in [-0.2, 0) is 0 Å². The van der Waals surface area contributed by atoms with E-state index in [0.29, 0.717) is 11.5 Å². The second-order valence-electron chi connectivity index (χ2n) is 7.51. The van der Waals surface area contributed by atoms with Crippen molar-refractivity contribution >= 4 is 28.7 Å². The summed E-state index contributed by atoms with van der Waals surface area (Å²) in [6, 6.07) is 12.5. The van der Waals surface area contributed by atoms with Gasteiger partial charge in [-0.2, -0.15) is 5.26 Å². The number of hydrogen-bond donors (Lipinski definition) is 2. The minimum atomic E-state index is 0.521. The van der Waals surface area contributed by atoms with Crippen molar-refractivity contribution in [1.82, 2.24) is 19.9 Å². The van der Waals surface area contributed by atoms with E-state index in [0.717, 1.165) is 69.1 Å². The molecular weight excluding hydrogens is 364 g/mol. The van der Waals surface area contributed by atoms with Gasteiger partial charge >= 0.3 is 0 Å². The molecule has 0 radical (unpaired) electrons. The molecule has 5 rings (SSSR count). The molecule has 0 amide bonds. The molecule has 0 atom stereocenters. The van der Waals surface area contributed by atoms with E-state index in [1.807, 2.05) is 10.6 Å². The van der Waals surface area contributed by atoms with Gasteiger partial charge in [-0.25, -0.2) is 9.50 Å². The van der Waals surface area contributed by atoms with Crippen molar-refractivity contribution in [2.45, 2.75) is 12.8 Å². The molecule has 3 aromatic rings. The van der Waals surface area contributed by atoms with Gasteiger partial charge in [-0.1, -0.05) is 0 Å². The van der Waals surface area contributed by atoms with E-state index in [9.17, 15) is 5.26 Å². The van der Waals surface area contributed by atoms with Gasteiger partial charge < -0.3 is 20.4 Å². The maximum absolute atomic E-state index is 9.56. The van der Waals surface area contributed by atoms with Crippen LogP contribution in [0.3, 0.4) is 0 Å². The summed E-state index contributed by atoms with van der Waals surface area (Å²) in [4.78, 5) is 9.06. The second-order valence-corrected chi connectivity index (χ2v) is 7.51. The van der Waals surface area contributed by atoms with Crippen LogP contribution in [0.1, 0.15) is 18.4 Å². The molecule has 8 heteroatoms. The van der Waals surface area contributed by atoms with Crippen molar-refractivity contribution in [3.05, 3.63) is 42.1 Å². The number of nitrogens with zero attached hydrogens (tertiary/aromatic N) is 6. The van der Waals surface area contributed by atoms with E-state index in [1.165, 1.54) is 5.69 Å². The van der Waals surface area contributed by atoms with Gasteiger partial charge in [0.1, 0.15) is 11.9 Å². The molecule has 2 saturated heterocycles. The average Bonchev–Trinajstić information content (AvgIpc) is 3.42. The van der Waals surface area contributed by atoms with Crippen LogP contribution >= 0.6 is 0 Å². The molecule has 29 heavy (non-hydrogen) atoms. The summed E-state index contributed by atoms with van der Waals surface area (Å²) in [5.74, 6) is 1.40. The van der Waals surface area contributed by atoms with E-state index >= 15 is 0 Å². The Bertz CT molecular complexity index is 1040. The molecule has 2 aliphatic heterocycles. The highest BCUT2D eigenvalue weighted by molar-refractivity contribution is 5.68. The maximum atomic E-state index is 9.56. The molecule has 0 spiro atoms. The van der Waals surface area contributed by atoms with E-state index in [1.54, 1.807) is 6.20 Å². The molecule has 0 unspecified atom stereocenters. The first-order chi connectivity index (χ1) is 14.3. The number of anilines is 4. The predicted octanol–water partition coefficient (Wildman–Crippen LogP) is 2.35. The van der Waals surface area contributed by atoms with Crippen LogP contribution in [0.15, 0.2) is 36.5 Å². The molecule has 0 bridgehead atoms. The van der Waals surface area contributed by atoms with Crippen LogP contribution in [0, 0.1) is 11.3 Å². The number of rotatable bonds is 4. The predicted molar refractivity (Wildman–Crippen MR) is 114 cm³/mol. The SMILES string of the molecule is N#Cc1cc2cnc(Nc3ccc(N4CCNCC4)cc3)nn2c1N1CCCC1. The van der Waals surface area contributed by atoms with Gasteiger partial charge in [-0.3, -0.25) is 0 Å². The Morgan fingerprint density at radius 3 is 2.48 bits per heavy atom. The van der Waals surface area contributed by atoms with Gasteiger partial charge in [-0.15, -0.1) is 5.10 Å². The Labute approximate surface area is 169 Å². The average molecular weight is 388 g/mol. The van der Waals surface area contributed by atoms with Crippen LogP contribution in [0.25, 0.3) is 5.52 Å². The third kappa shape index (κ3) is 3.45. The molecule has 2 fully saturated rings. The first-order valence-electron chi connectivity index (χ1n) is 10.2. The zero-order valence-electron chi connectivity index (χ0n) is 16.3. The topological polar surface area (TPSA) is 84.5 Å². The summed E-state index contributed by atoms with van der Waals surface area (Å²) in [6.45, 7) is 6.02. The van der Waals surface area contributed by atoms with E-state index in [-0.39, 0.29) is 0 Å². The van der Waals surface area contributed by atoms with Crippen LogP contribution in [0.4, 0.5) is 23.1 Å². The van der Waals surface area contributed by atoms with E-state index < -0.39 is 0 Å². The number of benzene rings is 1. The molecule has 148 valence electrons. The Morgan fingerprint density at radius 2 is 1.76 bits per heavy atom. The molecule has 2 aliphatic rings. The third-order valence-electron chi connectivity index (χ3n) is 5.62. The minimum Gasteiger partial charge on any atom is -0.369 e. The Morgan fingerprint density at radius 1 is 1.00 bits per heavy atom. The summed E-state index contributed by atoms with van der Waals surface area (Å²) < 4.78 is 1.84. The summed E-state index contributed by atoms with van der Waals surface area (Å²) in [5.41, 5.74) is 3.66. The lowest BCUT2D eigenvalue weighted by atomic mass is 10.2. The van der Waals surface area contributed by atoms with Gasteiger partial charge in [0.15, 0.2) is 0 Å². The molecule has 0 aliphatic carbocycles. The zero-order chi connectivity index (χ0) is 19.6. The normalized spacial score (nSPS) is 16.9. The van der Waals surface area contributed by atoms with Crippen LogP contribution < -0.4 is 20.4 Å². The fourth-order valence-corrected chi connectivity index (χ4v) is 4.14. The van der Waals surface area contributed by atoms with Gasteiger partial charge in [0.25, 0.3) is 0 Å². The van der Waals surface area contributed by atoms with Gasteiger partial charge in [0.05, 0.1) is 17.3 Å². The Balaban J connectivity index is 1.40. The third-order valence-corrected chi connectivity index (χ3v) is 5.62. The number of piperazine rings is 1. The molecular formula is C21H24N8. The number of nitrogens with one attached hydrogen (secondary N) is 2. The van der Waals surface area contributed by atoms with Crippen LogP contribution in [0.5, 0.6) is 0 Å². The fourth-order valence-electron chi connectivity index (χ4n) is 4.14. The molecule has 1 aromatic carbocycles. The highest BCUT2D eigenvalue weighted by atomic mass is 15.4. The summed E-state index contributed by atoms with van der Waals surface area (Å²) in [7, 11) is 0.